The number of carbonyl (C=O) groups is 1. The molecule has 6 heteroatoms. The van der Waals surface area contributed by atoms with Crippen LogP contribution in [0.1, 0.15) is 23.8 Å². The fourth-order valence-electron chi connectivity index (χ4n) is 1.74. The van der Waals surface area contributed by atoms with E-state index in [1.807, 2.05) is 0 Å². The zero-order valence-electron chi connectivity index (χ0n) is 8.93. The standard InChI is InChI=1S/C10H13N3O3/c1-10(16)2-3-13(6-10)9(15)7-4-12-8(14)5-11-7/h4-5,16H,2-3,6H2,1H3,(H,12,14). The molecule has 2 N–H and O–H groups in total. The van der Waals surface area contributed by atoms with Gasteiger partial charge in [0, 0.05) is 19.3 Å². The van der Waals surface area contributed by atoms with Crippen molar-refractivity contribution in [3.05, 3.63) is 28.4 Å². The molecule has 6 nitrogen and oxygen atoms in total. The summed E-state index contributed by atoms with van der Waals surface area (Å²) in [5.41, 5.74) is -0.972. The van der Waals surface area contributed by atoms with Crippen LogP contribution >= 0.6 is 0 Å². The largest absolute Gasteiger partial charge is 0.388 e. The second-order valence-electron chi connectivity index (χ2n) is 4.27. The van der Waals surface area contributed by atoms with Crippen LogP contribution in [0.3, 0.4) is 0 Å². The van der Waals surface area contributed by atoms with E-state index in [1.165, 1.54) is 11.1 Å². The third-order valence-corrected chi connectivity index (χ3v) is 2.63. The molecule has 0 aromatic carbocycles. The molecule has 1 atom stereocenters. The van der Waals surface area contributed by atoms with Gasteiger partial charge >= 0.3 is 0 Å². The van der Waals surface area contributed by atoms with Crippen molar-refractivity contribution >= 4 is 5.91 Å². The summed E-state index contributed by atoms with van der Waals surface area (Å²) in [6.07, 6.45) is 2.92. The molecule has 1 aliphatic rings. The number of aliphatic hydroxyl groups is 1. The molecular formula is C10H13N3O3. The fourth-order valence-corrected chi connectivity index (χ4v) is 1.74. The van der Waals surface area contributed by atoms with Gasteiger partial charge in [-0.3, -0.25) is 9.59 Å². The molecule has 16 heavy (non-hydrogen) atoms. The van der Waals surface area contributed by atoms with Crippen molar-refractivity contribution in [2.24, 2.45) is 0 Å². The molecule has 1 aliphatic heterocycles. The molecule has 1 aromatic rings. The summed E-state index contributed by atoms with van der Waals surface area (Å²) in [4.78, 5) is 30.3. The summed E-state index contributed by atoms with van der Waals surface area (Å²) in [6, 6.07) is 0. The summed E-state index contributed by atoms with van der Waals surface area (Å²) >= 11 is 0. The van der Waals surface area contributed by atoms with Gasteiger partial charge in [-0.05, 0) is 13.3 Å². The SMILES string of the molecule is CC1(O)CCN(C(=O)c2c[nH]c(=O)cn2)C1. The van der Waals surface area contributed by atoms with Gasteiger partial charge in [0.25, 0.3) is 11.5 Å². The van der Waals surface area contributed by atoms with Gasteiger partial charge < -0.3 is 15.0 Å². The van der Waals surface area contributed by atoms with Crippen LogP contribution in [0.15, 0.2) is 17.2 Å². The van der Waals surface area contributed by atoms with Crippen LogP contribution in [-0.2, 0) is 0 Å². The Bertz CT molecular complexity index is 446. The Hall–Kier alpha value is -1.69. The Kier molecular flexibility index (Phi) is 2.51. The van der Waals surface area contributed by atoms with E-state index in [4.69, 9.17) is 0 Å². The van der Waals surface area contributed by atoms with E-state index in [9.17, 15) is 14.7 Å². The van der Waals surface area contributed by atoms with Crippen molar-refractivity contribution < 1.29 is 9.90 Å². The van der Waals surface area contributed by atoms with Crippen molar-refractivity contribution in [1.82, 2.24) is 14.9 Å². The lowest BCUT2D eigenvalue weighted by molar-refractivity contribution is 0.0568. The number of nitrogens with one attached hydrogen (secondary N) is 1. The molecule has 0 spiro atoms. The van der Waals surface area contributed by atoms with E-state index in [1.54, 1.807) is 6.92 Å². The number of rotatable bonds is 1. The number of hydrogen-bond acceptors (Lipinski definition) is 4. The van der Waals surface area contributed by atoms with Gasteiger partial charge in [0.05, 0.1) is 11.8 Å². The Balaban J connectivity index is 2.15. The summed E-state index contributed by atoms with van der Waals surface area (Å²) < 4.78 is 0. The van der Waals surface area contributed by atoms with Gasteiger partial charge in [0.1, 0.15) is 5.69 Å². The van der Waals surface area contributed by atoms with E-state index < -0.39 is 5.60 Å². The number of hydrogen-bond donors (Lipinski definition) is 2. The van der Waals surface area contributed by atoms with Crippen LogP contribution in [0.4, 0.5) is 0 Å². The van der Waals surface area contributed by atoms with E-state index in [0.29, 0.717) is 19.5 Å². The van der Waals surface area contributed by atoms with Crippen molar-refractivity contribution in [1.29, 1.82) is 0 Å². The molecule has 1 fully saturated rings. The lowest BCUT2D eigenvalue weighted by atomic mass is 10.1. The topological polar surface area (TPSA) is 86.3 Å². The number of likely N-dealkylation sites (tertiary alicyclic amines) is 1. The first-order valence-corrected chi connectivity index (χ1v) is 5.04. The van der Waals surface area contributed by atoms with Crippen LogP contribution in [0.2, 0.25) is 0 Å². The number of amides is 1. The van der Waals surface area contributed by atoms with Gasteiger partial charge in [-0.2, -0.15) is 0 Å². The maximum atomic E-state index is 11.9. The highest BCUT2D eigenvalue weighted by Gasteiger charge is 2.34. The van der Waals surface area contributed by atoms with Crippen molar-refractivity contribution in [2.45, 2.75) is 18.9 Å². The normalized spacial score (nSPS) is 24.8. The number of carbonyl (C=O) groups excluding carboxylic acids is 1. The predicted molar refractivity (Wildman–Crippen MR) is 56.0 cm³/mol. The lowest BCUT2D eigenvalue weighted by Gasteiger charge is -2.18. The Labute approximate surface area is 91.9 Å². The molecule has 1 amide bonds. The van der Waals surface area contributed by atoms with Gasteiger partial charge in [-0.1, -0.05) is 0 Å². The smallest absolute Gasteiger partial charge is 0.274 e. The van der Waals surface area contributed by atoms with E-state index in [-0.39, 0.29) is 17.2 Å². The summed E-state index contributed by atoms with van der Waals surface area (Å²) in [6.45, 7) is 2.50. The molecule has 0 radical (unpaired) electrons. The molecular weight excluding hydrogens is 210 g/mol. The number of aromatic nitrogens is 2. The van der Waals surface area contributed by atoms with Gasteiger partial charge in [-0.15, -0.1) is 0 Å². The van der Waals surface area contributed by atoms with Gasteiger partial charge in [0.2, 0.25) is 0 Å². The third-order valence-electron chi connectivity index (χ3n) is 2.63. The third kappa shape index (κ3) is 2.11. The van der Waals surface area contributed by atoms with Crippen LogP contribution in [0, 0.1) is 0 Å². The van der Waals surface area contributed by atoms with Crippen molar-refractivity contribution in [3.63, 3.8) is 0 Å². The minimum Gasteiger partial charge on any atom is -0.388 e. The first kappa shape index (κ1) is 10.8. The minimum absolute atomic E-state index is 0.192. The molecule has 1 saturated heterocycles. The predicted octanol–water partition coefficient (Wildman–Crippen LogP) is -0.633. The molecule has 86 valence electrons. The highest BCUT2D eigenvalue weighted by Crippen LogP contribution is 2.21. The molecule has 2 rings (SSSR count). The molecule has 1 aromatic heterocycles. The quantitative estimate of drug-likeness (QED) is 0.663. The van der Waals surface area contributed by atoms with E-state index >= 15 is 0 Å². The number of H-pyrrole nitrogens is 1. The second-order valence-corrected chi connectivity index (χ2v) is 4.27. The van der Waals surface area contributed by atoms with Crippen LogP contribution in [0.5, 0.6) is 0 Å². The molecule has 1 unspecified atom stereocenters. The highest BCUT2D eigenvalue weighted by molar-refractivity contribution is 5.92. The number of aromatic amines is 1. The van der Waals surface area contributed by atoms with Gasteiger partial charge in [-0.25, -0.2) is 4.98 Å². The summed E-state index contributed by atoms with van der Waals surface area (Å²) in [5.74, 6) is -0.269. The highest BCUT2D eigenvalue weighted by atomic mass is 16.3. The average Bonchev–Trinajstić information content (AvgIpc) is 2.59. The van der Waals surface area contributed by atoms with Gasteiger partial charge in [0.15, 0.2) is 0 Å². The maximum absolute atomic E-state index is 11.9. The molecule has 0 aliphatic carbocycles. The molecule has 0 saturated carbocycles. The Morgan fingerprint density at radius 1 is 1.69 bits per heavy atom. The fraction of sp³-hybridized carbons (Fsp3) is 0.500. The lowest BCUT2D eigenvalue weighted by Crippen LogP contribution is -2.34. The summed E-state index contributed by atoms with van der Waals surface area (Å²) in [5, 5.41) is 9.73. The Morgan fingerprint density at radius 2 is 2.44 bits per heavy atom. The second kappa shape index (κ2) is 3.71. The van der Waals surface area contributed by atoms with E-state index in [2.05, 4.69) is 9.97 Å². The van der Waals surface area contributed by atoms with Crippen molar-refractivity contribution in [3.8, 4) is 0 Å². The summed E-state index contributed by atoms with van der Waals surface area (Å²) in [7, 11) is 0. The van der Waals surface area contributed by atoms with E-state index in [0.717, 1.165) is 6.20 Å². The van der Waals surface area contributed by atoms with Crippen molar-refractivity contribution in [2.75, 3.05) is 13.1 Å². The molecule has 0 bridgehead atoms. The first-order chi connectivity index (χ1) is 7.48. The zero-order valence-corrected chi connectivity index (χ0v) is 8.93. The minimum atomic E-state index is -0.822. The number of nitrogens with zero attached hydrogens (tertiary/aromatic N) is 2. The van der Waals surface area contributed by atoms with Crippen LogP contribution in [0.25, 0.3) is 0 Å². The first-order valence-electron chi connectivity index (χ1n) is 5.04. The maximum Gasteiger partial charge on any atom is 0.274 e. The number of β-amino-alcohol motifs (C(OH)–C–C–N with tert-alkyl or cyclic N) is 1. The monoisotopic (exact) mass is 223 g/mol. The van der Waals surface area contributed by atoms with Crippen LogP contribution in [-0.4, -0.2) is 44.6 Å². The zero-order chi connectivity index (χ0) is 11.8. The van der Waals surface area contributed by atoms with Crippen LogP contribution < -0.4 is 5.56 Å². The molecule has 2 heterocycles. The average molecular weight is 223 g/mol. The Morgan fingerprint density at radius 3 is 2.94 bits per heavy atom.